The molecule has 0 heterocycles. The molecule has 2 rings (SSSR count). The van der Waals surface area contributed by atoms with E-state index in [4.69, 9.17) is 4.74 Å². The van der Waals surface area contributed by atoms with Crippen LogP contribution in [-0.4, -0.2) is 36.5 Å². The Kier molecular flexibility index (Phi) is 8.01. The summed E-state index contributed by atoms with van der Waals surface area (Å²) >= 11 is 0. The maximum Gasteiger partial charge on any atom is 0.338 e. The summed E-state index contributed by atoms with van der Waals surface area (Å²) in [6.45, 7) is 9.46. The highest BCUT2D eigenvalue weighted by Gasteiger charge is 2.10. The smallest absolute Gasteiger partial charge is 0.338 e. The van der Waals surface area contributed by atoms with Crippen LogP contribution in [-0.2, 0) is 11.3 Å². The third-order valence-electron chi connectivity index (χ3n) is 4.31. The number of esters is 1. The van der Waals surface area contributed by atoms with Gasteiger partial charge in [0.05, 0.1) is 12.2 Å². The van der Waals surface area contributed by atoms with Gasteiger partial charge in [0.2, 0.25) is 0 Å². The van der Waals surface area contributed by atoms with Crippen LogP contribution in [0.15, 0.2) is 48.5 Å². The molecule has 27 heavy (non-hydrogen) atoms. The molecule has 144 valence electrons. The van der Waals surface area contributed by atoms with Gasteiger partial charge in [0.15, 0.2) is 0 Å². The van der Waals surface area contributed by atoms with Gasteiger partial charge < -0.3 is 10.1 Å². The van der Waals surface area contributed by atoms with Gasteiger partial charge in [0.25, 0.3) is 5.91 Å². The standard InChI is InChI=1S/C22H28N2O3/c1-4-14-27-22(26)19-8-7-9-20(15-19)23-21(25)18-12-10-17(11-13-18)16-24(5-2)6-3/h7-13,15H,4-6,14,16H2,1-3H3,(H,23,25). The highest BCUT2D eigenvalue weighted by atomic mass is 16.5. The van der Waals surface area contributed by atoms with Crippen LogP contribution in [0.2, 0.25) is 0 Å². The molecule has 0 aliphatic heterocycles. The second-order valence-electron chi connectivity index (χ2n) is 6.33. The minimum Gasteiger partial charge on any atom is -0.462 e. The summed E-state index contributed by atoms with van der Waals surface area (Å²) < 4.78 is 5.13. The van der Waals surface area contributed by atoms with Crippen LogP contribution in [0.4, 0.5) is 5.69 Å². The van der Waals surface area contributed by atoms with Crippen molar-refractivity contribution in [3.05, 3.63) is 65.2 Å². The Morgan fingerprint density at radius 3 is 2.30 bits per heavy atom. The van der Waals surface area contributed by atoms with Crippen molar-refractivity contribution in [2.75, 3.05) is 25.0 Å². The lowest BCUT2D eigenvalue weighted by Crippen LogP contribution is -2.22. The summed E-state index contributed by atoms with van der Waals surface area (Å²) in [5.41, 5.74) is 2.75. The quantitative estimate of drug-likeness (QED) is 0.669. The molecule has 0 aromatic heterocycles. The summed E-state index contributed by atoms with van der Waals surface area (Å²) in [4.78, 5) is 26.7. The minimum atomic E-state index is -0.381. The molecule has 0 saturated carbocycles. The van der Waals surface area contributed by atoms with Crippen molar-refractivity contribution in [1.82, 2.24) is 4.90 Å². The molecule has 0 fully saturated rings. The van der Waals surface area contributed by atoms with E-state index in [9.17, 15) is 9.59 Å². The monoisotopic (exact) mass is 368 g/mol. The Morgan fingerprint density at radius 2 is 1.67 bits per heavy atom. The first-order valence-electron chi connectivity index (χ1n) is 9.47. The van der Waals surface area contributed by atoms with Crippen molar-refractivity contribution in [1.29, 1.82) is 0 Å². The summed E-state index contributed by atoms with van der Waals surface area (Å²) in [6.07, 6.45) is 0.770. The molecule has 5 nitrogen and oxygen atoms in total. The van der Waals surface area contributed by atoms with Gasteiger partial charge >= 0.3 is 5.97 Å². The highest BCUT2D eigenvalue weighted by Crippen LogP contribution is 2.14. The van der Waals surface area contributed by atoms with Gasteiger partial charge in [0, 0.05) is 17.8 Å². The molecule has 0 atom stereocenters. The van der Waals surface area contributed by atoms with Crippen molar-refractivity contribution in [3.63, 3.8) is 0 Å². The molecule has 2 aromatic rings. The van der Waals surface area contributed by atoms with Gasteiger partial charge in [-0.25, -0.2) is 4.79 Å². The molecule has 1 N–H and O–H groups in total. The lowest BCUT2D eigenvalue weighted by molar-refractivity contribution is 0.0505. The molecule has 0 bridgehead atoms. The highest BCUT2D eigenvalue weighted by molar-refractivity contribution is 6.04. The third-order valence-corrected chi connectivity index (χ3v) is 4.31. The van der Waals surface area contributed by atoms with Crippen molar-refractivity contribution in [2.24, 2.45) is 0 Å². The topological polar surface area (TPSA) is 58.6 Å². The first-order valence-corrected chi connectivity index (χ1v) is 9.47. The van der Waals surface area contributed by atoms with E-state index in [1.807, 2.05) is 31.2 Å². The summed E-state index contributed by atoms with van der Waals surface area (Å²) in [6, 6.07) is 14.4. The molecule has 0 unspecified atom stereocenters. The Balaban J connectivity index is 2.01. The summed E-state index contributed by atoms with van der Waals surface area (Å²) in [5.74, 6) is -0.586. The lowest BCUT2D eigenvalue weighted by atomic mass is 10.1. The number of nitrogens with zero attached hydrogens (tertiary/aromatic N) is 1. The number of carbonyl (C=O) groups is 2. The largest absolute Gasteiger partial charge is 0.462 e. The molecular weight excluding hydrogens is 340 g/mol. The number of amides is 1. The van der Waals surface area contributed by atoms with Gasteiger partial charge in [-0.15, -0.1) is 0 Å². The van der Waals surface area contributed by atoms with Crippen molar-refractivity contribution >= 4 is 17.6 Å². The van der Waals surface area contributed by atoms with Crippen molar-refractivity contribution < 1.29 is 14.3 Å². The molecule has 0 aliphatic rings. The molecule has 5 heteroatoms. The summed E-state index contributed by atoms with van der Waals surface area (Å²) in [5, 5.41) is 2.84. The molecule has 2 aromatic carbocycles. The summed E-state index contributed by atoms with van der Waals surface area (Å²) in [7, 11) is 0. The van der Waals surface area contributed by atoms with E-state index in [-0.39, 0.29) is 11.9 Å². The fourth-order valence-corrected chi connectivity index (χ4v) is 2.67. The zero-order chi connectivity index (χ0) is 19.6. The average Bonchev–Trinajstić information content (AvgIpc) is 2.70. The van der Waals surface area contributed by atoms with Crippen molar-refractivity contribution in [2.45, 2.75) is 33.7 Å². The van der Waals surface area contributed by atoms with Gasteiger partial charge in [0.1, 0.15) is 0 Å². The Hall–Kier alpha value is -2.66. The zero-order valence-electron chi connectivity index (χ0n) is 16.3. The van der Waals surface area contributed by atoms with E-state index < -0.39 is 0 Å². The van der Waals surface area contributed by atoms with Crippen LogP contribution in [0.3, 0.4) is 0 Å². The van der Waals surface area contributed by atoms with Crippen molar-refractivity contribution in [3.8, 4) is 0 Å². The van der Waals surface area contributed by atoms with Crippen LogP contribution in [0.5, 0.6) is 0 Å². The van der Waals surface area contributed by atoms with E-state index in [0.29, 0.717) is 23.4 Å². The number of hydrogen-bond acceptors (Lipinski definition) is 4. The fraction of sp³-hybridized carbons (Fsp3) is 0.364. The molecular formula is C22H28N2O3. The number of benzene rings is 2. The number of carbonyl (C=O) groups excluding carboxylic acids is 2. The zero-order valence-corrected chi connectivity index (χ0v) is 16.3. The molecule has 0 spiro atoms. The minimum absolute atomic E-state index is 0.205. The predicted molar refractivity (Wildman–Crippen MR) is 108 cm³/mol. The van der Waals surface area contributed by atoms with E-state index in [0.717, 1.165) is 26.1 Å². The van der Waals surface area contributed by atoms with Gasteiger partial charge in [-0.3, -0.25) is 9.69 Å². The Labute approximate surface area is 161 Å². The molecule has 1 amide bonds. The maximum atomic E-state index is 12.5. The first kappa shape index (κ1) is 20.6. The second-order valence-corrected chi connectivity index (χ2v) is 6.33. The third kappa shape index (κ3) is 6.22. The molecule has 0 aliphatic carbocycles. The predicted octanol–water partition coefficient (Wildman–Crippen LogP) is 4.35. The average molecular weight is 368 g/mol. The van der Waals surface area contributed by atoms with Gasteiger partial charge in [-0.1, -0.05) is 39.0 Å². The number of nitrogens with one attached hydrogen (secondary N) is 1. The Bertz CT molecular complexity index is 752. The van der Waals surface area contributed by atoms with Crippen LogP contribution in [0.25, 0.3) is 0 Å². The van der Waals surface area contributed by atoms with Crippen LogP contribution in [0, 0.1) is 0 Å². The lowest BCUT2D eigenvalue weighted by Gasteiger charge is -2.18. The number of anilines is 1. The maximum absolute atomic E-state index is 12.5. The van der Waals surface area contributed by atoms with Gasteiger partial charge in [-0.2, -0.15) is 0 Å². The van der Waals surface area contributed by atoms with Crippen LogP contribution < -0.4 is 5.32 Å². The van der Waals surface area contributed by atoms with E-state index in [1.165, 1.54) is 5.56 Å². The second kappa shape index (κ2) is 10.5. The molecule has 0 radical (unpaired) electrons. The number of hydrogen-bond donors (Lipinski definition) is 1. The van der Waals surface area contributed by atoms with Crippen LogP contribution >= 0.6 is 0 Å². The van der Waals surface area contributed by atoms with E-state index in [1.54, 1.807) is 24.3 Å². The first-order chi connectivity index (χ1) is 13.1. The van der Waals surface area contributed by atoms with Crippen LogP contribution in [0.1, 0.15) is 53.5 Å². The number of ether oxygens (including phenoxy) is 1. The normalized spacial score (nSPS) is 10.7. The number of rotatable bonds is 9. The van der Waals surface area contributed by atoms with Gasteiger partial charge in [-0.05, 0) is 55.4 Å². The fourth-order valence-electron chi connectivity index (χ4n) is 2.67. The van der Waals surface area contributed by atoms with E-state index >= 15 is 0 Å². The Morgan fingerprint density at radius 1 is 0.963 bits per heavy atom. The SMILES string of the molecule is CCCOC(=O)c1cccc(NC(=O)c2ccc(CN(CC)CC)cc2)c1. The van der Waals surface area contributed by atoms with E-state index in [2.05, 4.69) is 24.1 Å². The molecule has 0 saturated heterocycles.